The predicted octanol–water partition coefficient (Wildman–Crippen LogP) is 5.38. The molecule has 0 aliphatic rings. The molecule has 0 amide bonds. The van der Waals surface area contributed by atoms with E-state index in [9.17, 15) is 0 Å². The van der Waals surface area contributed by atoms with Crippen LogP contribution in [0.5, 0.6) is 0 Å². The van der Waals surface area contributed by atoms with E-state index < -0.39 is 0 Å². The summed E-state index contributed by atoms with van der Waals surface area (Å²) in [5.74, 6) is 2.27. The van der Waals surface area contributed by atoms with Crippen LogP contribution < -0.4 is 0 Å². The van der Waals surface area contributed by atoms with Gasteiger partial charge in [0.2, 0.25) is 0 Å². The highest BCUT2D eigenvalue weighted by molar-refractivity contribution is 4.91. The fraction of sp³-hybridized carbons (Fsp3) is 1.00. The molecule has 0 aromatic rings. The van der Waals surface area contributed by atoms with Crippen molar-refractivity contribution in [1.82, 2.24) is 0 Å². The Kier molecular flexibility index (Phi) is 4.89. The van der Waals surface area contributed by atoms with Gasteiger partial charge >= 0.3 is 0 Å². The Morgan fingerprint density at radius 3 is 1.40 bits per heavy atom. The molecule has 0 heteroatoms. The molecule has 0 rings (SSSR count). The van der Waals surface area contributed by atoms with E-state index in [4.69, 9.17) is 0 Å². The number of rotatable bonds is 5. The van der Waals surface area contributed by atoms with Gasteiger partial charge < -0.3 is 0 Å². The SMILES string of the molecule is CCC(C)(C(C)C)C(C)C(C)(C)C(C)C. The Morgan fingerprint density at radius 2 is 1.20 bits per heavy atom. The fourth-order valence-electron chi connectivity index (χ4n) is 2.56. The molecule has 0 bridgehead atoms. The first-order chi connectivity index (χ1) is 6.60. The minimum atomic E-state index is 0.426. The standard InChI is InChI=1S/C15H32/c1-10-15(9,12(4)5)13(6)14(7,8)11(2)3/h11-13H,10H2,1-9H3. The Balaban J connectivity index is 5.04. The normalized spacial score (nSPS) is 19.4. The van der Waals surface area contributed by atoms with E-state index in [1.807, 2.05) is 0 Å². The van der Waals surface area contributed by atoms with Crippen molar-refractivity contribution in [2.45, 2.75) is 68.7 Å². The van der Waals surface area contributed by atoms with Gasteiger partial charge in [0, 0.05) is 0 Å². The smallest absolute Gasteiger partial charge is 0.0275 e. The minimum absolute atomic E-state index is 0.426. The molecule has 0 N–H and O–H groups in total. The van der Waals surface area contributed by atoms with Crippen molar-refractivity contribution in [3.05, 3.63) is 0 Å². The van der Waals surface area contributed by atoms with Gasteiger partial charge in [-0.05, 0) is 28.6 Å². The van der Waals surface area contributed by atoms with E-state index in [1.54, 1.807) is 0 Å². The Morgan fingerprint density at radius 1 is 0.800 bits per heavy atom. The third-order valence-electron chi connectivity index (χ3n) is 5.67. The molecule has 0 aliphatic heterocycles. The highest BCUT2D eigenvalue weighted by atomic mass is 14.5. The molecule has 15 heavy (non-hydrogen) atoms. The molecule has 0 fully saturated rings. The average molecular weight is 212 g/mol. The highest BCUT2D eigenvalue weighted by Gasteiger charge is 2.42. The lowest BCUT2D eigenvalue weighted by molar-refractivity contribution is 0.00106. The van der Waals surface area contributed by atoms with Crippen LogP contribution in [-0.4, -0.2) is 0 Å². The van der Waals surface area contributed by atoms with Crippen LogP contribution in [0.25, 0.3) is 0 Å². The van der Waals surface area contributed by atoms with Crippen LogP contribution in [0.15, 0.2) is 0 Å². The van der Waals surface area contributed by atoms with Crippen molar-refractivity contribution in [2.75, 3.05) is 0 Å². The summed E-state index contributed by atoms with van der Waals surface area (Å²) in [4.78, 5) is 0. The van der Waals surface area contributed by atoms with E-state index in [2.05, 4.69) is 62.3 Å². The molecular weight excluding hydrogens is 180 g/mol. The molecule has 0 nitrogen and oxygen atoms in total. The van der Waals surface area contributed by atoms with Gasteiger partial charge in [-0.25, -0.2) is 0 Å². The lowest BCUT2D eigenvalue weighted by Crippen LogP contribution is -2.41. The maximum atomic E-state index is 2.46. The summed E-state index contributed by atoms with van der Waals surface area (Å²) >= 11 is 0. The van der Waals surface area contributed by atoms with Crippen LogP contribution >= 0.6 is 0 Å². The molecule has 2 atom stereocenters. The van der Waals surface area contributed by atoms with Crippen molar-refractivity contribution in [2.24, 2.45) is 28.6 Å². The zero-order valence-corrected chi connectivity index (χ0v) is 12.4. The fourth-order valence-corrected chi connectivity index (χ4v) is 2.56. The van der Waals surface area contributed by atoms with Gasteiger partial charge in [0.1, 0.15) is 0 Å². The van der Waals surface area contributed by atoms with E-state index in [0.717, 1.165) is 17.8 Å². The first-order valence-corrected chi connectivity index (χ1v) is 6.60. The second-order valence-electron chi connectivity index (χ2n) is 6.71. The molecule has 0 spiro atoms. The quantitative estimate of drug-likeness (QED) is 0.574. The molecule has 0 aromatic carbocycles. The molecule has 0 saturated carbocycles. The molecule has 0 aromatic heterocycles. The lowest BCUT2D eigenvalue weighted by Gasteiger charge is -2.49. The molecule has 92 valence electrons. The molecule has 0 saturated heterocycles. The summed E-state index contributed by atoms with van der Waals surface area (Å²) in [5, 5.41) is 0. The van der Waals surface area contributed by atoms with E-state index in [-0.39, 0.29) is 0 Å². The molecule has 0 aliphatic carbocycles. The van der Waals surface area contributed by atoms with Gasteiger partial charge in [0.05, 0.1) is 0 Å². The van der Waals surface area contributed by atoms with Gasteiger partial charge in [-0.3, -0.25) is 0 Å². The summed E-state index contributed by atoms with van der Waals surface area (Å²) in [7, 11) is 0. The van der Waals surface area contributed by atoms with Crippen molar-refractivity contribution in [3.8, 4) is 0 Å². The van der Waals surface area contributed by atoms with Crippen LogP contribution in [0.3, 0.4) is 0 Å². The second-order valence-corrected chi connectivity index (χ2v) is 6.71. The number of hydrogen-bond donors (Lipinski definition) is 0. The van der Waals surface area contributed by atoms with Gasteiger partial charge in [0.25, 0.3) is 0 Å². The van der Waals surface area contributed by atoms with Crippen LogP contribution in [-0.2, 0) is 0 Å². The Labute approximate surface area is 97.8 Å². The third kappa shape index (κ3) is 2.77. The van der Waals surface area contributed by atoms with Gasteiger partial charge in [-0.2, -0.15) is 0 Å². The summed E-state index contributed by atoms with van der Waals surface area (Å²) < 4.78 is 0. The maximum Gasteiger partial charge on any atom is -0.0275 e. The summed E-state index contributed by atoms with van der Waals surface area (Å²) in [6.07, 6.45) is 1.28. The van der Waals surface area contributed by atoms with Gasteiger partial charge in [-0.1, -0.05) is 68.7 Å². The van der Waals surface area contributed by atoms with Crippen molar-refractivity contribution in [1.29, 1.82) is 0 Å². The third-order valence-corrected chi connectivity index (χ3v) is 5.67. The van der Waals surface area contributed by atoms with E-state index in [0.29, 0.717) is 10.8 Å². The van der Waals surface area contributed by atoms with E-state index >= 15 is 0 Å². The second kappa shape index (κ2) is 4.89. The van der Waals surface area contributed by atoms with Crippen LogP contribution in [0.4, 0.5) is 0 Å². The molecular formula is C15H32. The Hall–Kier alpha value is 0. The molecule has 0 heterocycles. The van der Waals surface area contributed by atoms with Crippen molar-refractivity contribution in [3.63, 3.8) is 0 Å². The first kappa shape index (κ1) is 15.0. The summed E-state index contributed by atoms with van der Waals surface area (Å²) in [5.41, 5.74) is 0.892. The maximum absolute atomic E-state index is 2.46. The topological polar surface area (TPSA) is 0 Å². The zero-order chi connectivity index (χ0) is 12.4. The average Bonchev–Trinajstić information content (AvgIpc) is 2.14. The summed E-state index contributed by atoms with van der Waals surface area (Å²) in [6, 6.07) is 0. The van der Waals surface area contributed by atoms with Crippen molar-refractivity contribution < 1.29 is 0 Å². The highest BCUT2D eigenvalue weighted by Crippen LogP contribution is 2.50. The number of hydrogen-bond acceptors (Lipinski definition) is 0. The van der Waals surface area contributed by atoms with Crippen LogP contribution in [0.1, 0.15) is 68.7 Å². The summed E-state index contributed by atoms with van der Waals surface area (Å²) in [6.45, 7) is 21.6. The molecule has 0 radical (unpaired) electrons. The predicted molar refractivity (Wildman–Crippen MR) is 71.0 cm³/mol. The lowest BCUT2D eigenvalue weighted by atomic mass is 9.56. The minimum Gasteiger partial charge on any atom is -0.0648 e. The van der Waals surface area contributed by atoms with Crippen LogP contribution in [0.2, 0.25) is 0 Å². The largest absolute Gasteiger partial charge is 0.0648 e. The van der Waals surface area contributed by atoms with Gasteiger partial charge in [-0.15, -0.1) is 0 Å². The monoisotopic (exact) mass is 212 g/mol. The first-order valence-electron chi connectivity index (χ1n) is 6.60. The van der Waals surface area contributed by atoms with Crippen LogP contribution in [0, 0.1) is 28.6 Å². The Bertz CT molecular complexity index is 188. The van der Waals surface area contributed by atoms with Crippen molar-refractivity contribution >= 4 is 0 Å². The molecule has 2 unspecified atom stereocenters. The zero-order valence-electron chi connectivity index (χ0n) is 12.4. The van der Waals surface area contributed by atoms with Gasteiger partial charge in [0.15, 0.2) is 0 Å². The van der Waals surface area contributed by atoms with E-state index in [1.165, 1.54) is 6.42 Å².